The fraction of sp³-hybridized carbons (Fsp3) is 0.500. The minimum atomic E-state index is -0.227. The monoisotopic (exact) mass is 226 g/mol. The van der Waals surface area contributed by atoms with Gasteiger partial charge in [-0.15, -0.1) is 0 Å². The third-order valence-electron chi connectivity index (χ3n) is 2.85. The Bertz CT molecular complexity index is 310. The molecule has 1 aliphatic rings. The van der Waals surface area contributed by atoms with Crippen molar-refractivity contribution in [3.05, 3.63) is 34.9 Å². The van der Waals surface area contributed by atoms with E-state index in [1.54, 1.807) is 0 Å². The average Bonchev–Trinajstić information content (AvgIpc) is 2.25. The summed E-state index contributed by atoms with van der Waals surface area (Å²) in [7, 11) is 0. The van der Waals surface area contributed by atoms with Gasteiger partial charge in [-0.25, -0.2) is 0 Å². The van der Waals surface area contributed by atoms with Gasteiger partial charge in [0.05, 0.1) is 12.7 Å². The van der Waals surface area contributed by atoms with Crippen molar-refractivity contribution in [3.8, 4) is 0 Å². The maximum absolute atomic E-state index is 9.78. The predicted molar refractivity (Wildman–Crippen MR) is 60.1 cm³/mol. The molecule has 15 heavy (non-hydrogen) atoms. The molecule has 2 nitrogen and oxygen atoms in total. The first-order valence-electron chi connectivity index (χ1n) is 5.26. The van der Waals surface area contributed by atoms with E-state index in [1.807, 2.05) is 24.3 Å². The third kappa shape index (κ3) is 2.94. The summed E-state index contributed by atoms with van der Waals surface area (Å²) in [6, 6.07) is 7.77. The van der Waals surface area contributed by atoms with Crippen LogP contribution in [0.15, 0.2) is 24.3 Å². The summed E-state index contributed by atoms with van der Waals surface area (Å²) in [4.78, 5) is 0. The van der Waals surface area contributed by atoms with Gasteiger partial charge >= 0.3 is 0 Å². The van der Waals surface area contributed by atoms with Crippen LogP contribution in [0.3, 0.4) is 0 Å². The van der Waals surface area contributed by atoms with Crippen molar-refractivity contribution >= 4 is 11.6 Å². The molecule has 0 aromatic heterocycles. The Morgan fingerprint density at radius 2 is 2.07 bits per heavy atom. The van der Waals surface area contributed by atoms with Gasteiger partial charge in [-0.2, -0.15) is 0 Å². The number of halogens is 1. The van der Waals surface area contributed by atoms with Crippen molar-refractivity contribution in [3.63, 3.8) is 0 Å². The lowest BCUT2D eigenvalue weighted by Crippen LogP contribution is -2.33. The topological polar surface area (TPSA) is 29.5 Å². The highest BCUT2D eigenvalue weighted by molar-refractivity contribution is 6.30. The van der Waals surface area contributed by atoms with E-state index in [-0.39, 0.29) is 12.0 Å². The van der Waals surface area contributed by atoms with Crippen LogP contribution in [0.1, 0.15) is 12.0 Å². The standard InChI is InChI=1S/C12H15ClO2/c13-11-3-1-9(2-4-11)7-10-8-15-6-5-12(10)14/h1-4,10,12,14H,5-8H2/t10-,12+/m0/s1. The van der Waals surface area contributed by atoms with Gasteiger partial charge in [0.15, 0.2) is 0 Å². The highest BCUT2D eigenvalue weighted by atomic mass is 35.5. The molecule has 2 atom stereocenters. The smallest absolute Gasteiger partial charge is 0.0615 e. The second-order valence-corrected chi connectivity index (χ2v) is 4.46. The van der Waals surface area contributed by atoms with Crippen LogP contribution in [0.25, 0.3) is 0 Å². The molecule has 0 radical (unpaired) electrons. The molecule has 1 N–H and O–H groups in total. The highest BCUT2D eigenvalue weighted by Crippen LogP contribution is 2.20. The summed E-state index contributed by atoms with van der Waals surface area (Å²) < 4.78 is 5.36. The van der Waals surface area contributed by atoms with E-state index in [2.05, 4.69) is 0 Å². The van der Waals surface area contributed by atoms with E-state index >= 15 is 0 Å². The van der Waals surface area contributed by atoms with Gasteiger partial charge in [0.25, 0.3) is 0 Å². The number of benzene rings is 1. The van der Waals surface area contributed by atoms with Crippen LogP contribution < -0.4 is 0 Å². The zero-order valence-corrected chi connectivity index (χ0v) is 9.28. The molecule has 1 saturated heterocycles. The SMILES string of the molecule is O[C@@H]1CCOC[C@@H]1Cc1ccc(Cl)cc1. The van der Waals surface area contributed by atoms with Gasteiger partial charge < -0.3 is 9.84 Å². The molecular formula is C12H15ClO2. The van der Waals surface area contributed by atoms with Gasteiger partial charge in [-0.3, -0.25) is 0 Å². The van der Waals surface area contributed by atoms with Gasteiger partial charge in [0, 0.05) is 17.5 Å². The summed E-state index contributed by atoms with van der Waals surface area (Å²) in [5.74, 6) is 0.222. The van der Waals surface area contributed by atoms with E-state index in [4.69, 9.17) is 16.3 Å². The Hall–Kier alpha value is -0.570. The van der Waals surface area contributed by atoms with Gasteiger partial charge in [-0.1, -0.05) is 23.7 Å². The fourth-order valence-corrected chi connectivity index (χ4v) is 2.03. The maximum Gasteiger partial charge on any atom is 0.0615 e. The molecule has 2 rings (SSSR count). The number of hydrogen-bond donors (Lipinski definition) is 1. The Kier molecular flexibility index (Phi) is 3.62. The molecule has 82 valence electrons. The van der Waals surface area contributed by atoms with Crippen molar-refractivity contribution in [1.29, 1.82) is 0 Å². The molecule has 1 heterocycles. The fourth-order valence-electron chi connectivity index (χ4n) is 1.90. The van der Waals surface area contributed by atoms with Crippen LogP contribution in [0.5, 0.6) is 0 Å². The van der Waals surface area contributed by atoms with Crippen LogP contribution >= 0.6 is 11.6 Å². The Labute approximate surface area is 94.8 Å². The van der Waals surface area contributed by atoms with Gasteiger partial charge in [0.1, 0.15) is 0 Å². The molecule has 0 bridgehead atoms. The van der Waals surface area contributed by atoms with Crippen molar-refractivity contribution < 1.29 is 9.84 Å². The maximum atomic E-state index is 9.78. The minimum absolute atomic E-state index is 0.222. The van der Waals surface area contributed by atoms with E-state index < -0.39 is 0 Å². The van der Waals surface area contributed by atoms with Crippen LogP contribution in [-0.2, 0) is 11.2 Å². The van der Waals surface area contributed by atoms with E-state index in [0.717, 1.165) is 17.9 Å². The second-order valence-electron chi connectivity index (χ2n) is 4.02. The molecule has 0 spiro atoms. The van der Waals surface area contributed by atoms with Crippen molar-refractivity contribution in [2.75, 3.05) is 13.2 Å². The molecule has 0 saturated carbocycles. The average molecular weight is 227 g/mol. The Morgan fingerprint density at radius 1 is 1.33 bits per heavy atom. The largest absolute Gasteiger partial charge is 0.393 e. The zero-order chi connectivity index (χ0) is 10.7. The first-order chi connectivity index (χ1) is 7.25. The minimum Gasteiger partial charge on any atom is -0.393 e. The zero-order valence-electron chi connectivity index (χ0n) is 8.53. The van der Waals surface area contributed by atoms with Gasteiger partial charge in [-0.05, 0) is 30.5 Å². The lowest BCUT2D eigenvalue weighted by Gasteiger charge is -2.27. The molecular weight excluding hydrogens is 212 g/mol. The first kappa shape index (κ1) is 10.9. The molecule has 1 aromatic rings. The molecule has 1 aromatic carbocycles. The van der Waals surface area contributed by atoms with Crippen LogP contribution in [0.2, 0.25) is 5.02 Å². The normalized spacial score (nSPS) is 26.5. The summed E-state index contributed by atoms with van der Waals surface area (Å²) >= 11 is 5.81. The van der Waals surface area contributed by atoms with E-state index in [0.29, 0.717) is 13.2 Å². The third-order valence-corrected chi connectivity index (χ3v) is 3.10. The quantitative estimate of drug-likeness (QED) is 0.839. The molecule has 0 amide bonds. The number of ether oxygens (including phenoxy) is 1. The van der Waals surface area contributed by atoms with E-state index in [9.17, 15) is 5.11 Å². The van der Waals surface area contributed by atoms with Gasteiger partial charge in [0.2, 0.25) is 0 Å². The molecule has 0 unspecified atom stereocenters. The number of rotatable bonds is 2. The number of aliphatic hydroxyl groups is 1. The number of hydrogen-bond acceptors (Lipinski definition) is 2. The van der Waals surface area contributed by atoms with Crippen molar-refractivity contribution in [2.45, 2.75) is 18.9 Å². The summed E-state index contributed by atoms with van der Waals surface area (Å²) in [6.07, 6.45) is 1.38. The highest BCUT2D eigenvalue weighted by Gasteiger charge is 2.23. The van der Waals surface area contributed by atoms with Crippen molar-refractivity contribution in [2.24, 2.45) is 5.92 Å². The molecule has 3 heteroatoms. The first-order valence-corrected chi connectivity index (χ1v) is 5.64. The van der Waals surface area contributed by atoms with Crippen LogP contribution in [-0.4, -0.2) is 24.4 Å². The Morgan fingerprint density at radius 3 is 2.73 bits per heavy atom. The van der Waals surface area contributed by atoms with Crippen LogP contribution in [0.4, 0.5) is 0 Å². The van der Waals surface area contributed by atoms with Crippen LogP contribution in [0, 0.1) is 5.92 Å². The molecule has 1 aliphatic heterocycles. The lowest BCUT2D eigenvalue weighted by atomic mass is 9.92. The summed E-state index contributed by atoms with van der Waals surface area (Å²) in [6.45, 7) is 1.34. The summed E-state index contributed by atoms with van der Waals surface area (Å²) in [5.41, 5.74) is 1.20. The Balaban J connectivity index is 1.98. The molecule has 0 aliphatic carbocycles. The number of aliphatic hydroxyl groups excluding tert-OH is 1. The predicted octanol–water partition coefficient (Wildman–Crippen LogP) is 2.28. The van der Waals surface area contributed by atoms with Crippen molar-refractivity contribution in [1.82, 2.24) is 0 Å². The second kappa shape index (κ2) is 4.97. The molecule has 1 fully saturated rings. The summed E-state index contributed by atoms with van der Waals surface area (Å²) in [5, 5.41) is 10.5. The van der Waals surface area contributed by atoms with E-state index in [1.165, 1.54) is 5.56 Å². The lowest BCUT2D eigenvalue weighted by molar-refractivity contribution is -0.0350.